The zero-order chi connectivity index (χ0) is 25.5. The Labute approximate surface area is 208 Å². The number of aromatic carboxylic acids is 1. The minimum Gasteiger partial charge on any atom is -0.496 e. The molecule has 0 bridgehead atoms. The molecule has 0 fully saturated rings. The first-order valence-corrected chi connectivity index (χ1v) is 11.3. The van der Waals surface area contributed by atoms with Crippen molar-refractivity contribution < 1.29 is 24.2 Å². The number of carbonyl (C=O) groups is 3. The quantitative estimate of drug-likeness (QED) is 0.473. The number of carbonyl (C=O) groups excluding carboxylic acids is 2. The molecule has 2 aromatic carbocycles. The number of ether oxygens (including phenoxy) is 1. The minimum absolute atomic E-state index is 0.0498. The number of methoxy groups -OCH3 is 1. The van der Waals surface area contributed by atoms with Crippen molar-refractivity contribution in [3.05, 3.63) is 58.6 Å². The lowest BCUT2D eigenvalue weighted by atomic mass is 9.97. The van der Waals surface area contributed by atoms with E-state index in [1.54, 1.807) is 50.5 Å². The van der Waals surface area contributed by atoms with Gasteiger partial charge in [-0.3, -0.25) is 14.6 Å². The number of hydrazine groups is 1. The molecule has 0 spiro atoms. The summed E-state index contributed by atoms with van der Waals surface area (Å²) < 4.78 is 5.42. The average Bonchev–Trinajstić information content (AvgIpc) is 2.93. The second kappa shape index (κ2) is 11.7. The predicted octanol–water partition coefficient (Wildman–Crippen LogP) is 2.15. The number of carboxylic acids is 1. The Morgan fingerprint density at radius 2 is 2.03 bits per heavy atom. The summed E-state index contributed by atoms with van der Waals surface area (Å²) in [5.74, 6) is -1.16. The van der Waals surface area contributed by atoms with Crippen molar-refractivity contribution in [1.29, 1.82) is 0 Å². The highest BCUT2D eigenvalue weighted by Gasteiger charge is 2.31. The van der Waals surface area contributed by atoms with Crippen LogP contribution in [0.5, 0.6) is 5.75 Å². The molecule has 1 aliphatic rings. The summed E-state index contributed by atoms with van der Waals surface area (Å²) in [5, 5.41) is 14.1. The summed E-state index contributed by atoms with van der Waals surface area (Å²) in [4.78, 5) is 43.5. The van der Waals surface area contributed by atoms with Gasteiger partial charge in [-0.2, -0.15) is 0 Å². The fourth-order valence-corrected chi connectivity index (χ4v) is 3.95. The number of hydrogen-bond donors (Lipinski definition) is 3. The number of rotatable bonds is 8. The minimum atomic E-state index is -1.10. The largest absolute Gasteiger partial charge is 0.496 e. The molecule has 3 N–H and O–H groups in total. The van der Waals surface area contributed by atoms with E-state index in [0.717, 1.165) is 5.56 Å². The molecule has 10 nitrogen and oxygen atoms in total. The third kappa shape index (κ3) is 7.17. The molecule has 2 aromatic rings. The molecule has 3 rings (SSSR count). The van der Waals surface area contributed by atoms with Crippen molar-refractivity contribution >= 4 is 40.9 Å². The van der Waals surface area contributed by atoms with Crippen molar-refractivity contribution in [2.75, 3.05) is 46.2 Å². The van der Waals surface area contributed by atoms with Crippen LogP contribution in [-0.2, 0) is 16.0 Å². The fourth-order valence-electron chi connectivity index (χ4n) is 3.76. The maximum Gasteiger partial charge on any atom is 0.335 e. The second-order valence-corrected chi connectivity index (χ2v) is 8.72. The topological polar surface area (TPSA) is 124 Å². The van der Waals surface area contributed by atoms with Crippen LogP contribution in [0.2, 0.25) is 5.02 Å². The number of carboxylic acid groups (broad SMARTS) is 1. The van der Waals surface area contributed by atoms with E-state index in [0.29, 0.717) is 28.7 Å². The highest BCUT2D eigenvalue weighted by atomic mass is 35.5. The number of amides is 2. The van der Waals surface area contributed by atoms with Gasteiger partial charge in [-0.05, 0) is 48.4 Å². The molecule has 0 aliphatic carbocycles. The van der Waals surface area contributed by atoms with Gasteiger partial charge in [0.15, 0.2) is 0 Å². The van der Waals surface area contributed by atoms with Crippen LogP contribution in [0.15, 0.2) is 47.5 Å². The third-order valence-corrected chi connectivity index (χ3v) is 5.53. The summed E-state index contributed by atoms with van der Waals surface area (Å²) >= 11 is 6.16. The Kier molecular flexibility index (Phi) is 8.67. The number of nitrogens with zero attached hydrogens (tertiary/aromatic N) is 3. The number of benzene rings is 2. The van der Waals surface area contributed by atoms with E-state index < -0.39 is 17.8 Å². The van der Waals surface area contributed by atoms with Gasteiger partial charge in [-0.1, -0.05) is 17.7 Å². The molecule has 11 heteroatoms. The maximum atomic E-state index is 13.5. The van der Waals surface area contributed by atoms with E-state index in [4.69, 9.17) is 21.4 Å². The third-order valence-electron chi connectivity index (χ3n) is 5.29. The summed E-state index contributed by atoms with van der Waals surface area (Å²) in [6.45, 7) is 0.111. The van der Waals surface area contributed by atoms with Gasteiger partial charge in [0.05, 0.1) is 31.7 Å². The Morgan fingerprint density at radius 1 is 1.26 bits per heavy atom. The van der Waals surface area contributed by atoms with Crippen LogP contribution in [0.1, 0.15) is 15.9 Å². The zero-order valence-corrected chi connectivity index (χ0v) is 20.5. The summed E-state index contributed by atoms with van der Waals surface area (Å²) in [7, 11) is 5.15. The SMILES string of the molecule is COc1ccc(Cl)cc1C[C@@H]1CN=C(NN(C)C)CN(CC(=O)Nc2cccc(C(=O)O)c2)C1=O. The van der Waals surface area contributed by atoms with Crippen LogP contribution < -0.4 is 15.5 Å². The molecule has 186 valence electrons. The van der Waals surface area contributed by atoms with Crippen molar-refractivity contribution in [2.24, 2.45) is 10.9 Å². The molecule has 0 unspecified atom stereocenters. The Morgan fingerprint density at radius 3 is 2.71 bits per heavy atom. The van der Waals surface area contributed by atoms with Crippen molar-refractivity contribution in [3.63, 3.8) is 0 Å². The van der Waals surface area contributed by atoms with E-state index in [2.05, 4.69) is 15.7 Å². The summed E-state index contributed by atoms with van der Waals surface area (Å²) in [5.41, 5.74) is 4.23. The molecule has 2 amide bonds. The van der Waals surface area contributed by atoms with E-state index in [1.807, 2.05) is 0 Å². The van der Waals surface area contributed by atoms with Gasteiger partial charge in [-0.25, -0.2) is 9.80 Å². The molecule has 0 saturated carbocycles. The number of anilines is 1. The maximum absolute atomic E-state index is 13.5. The van der Waals surface area contributed by atoms with E-state index >= 15 is 0 Å². The second-order valence-electron chi connectivity index (χ2n) is 8.28. The normalized spacial score (nSPS) is 15.9. The molecular weight excluding hydrogens is 474 g/mol. The van der Waals surface area contributed by atoms with Crippen LogP contribution >= 0.6 is 11.6 Å². The lowest BCUT2D eigenvalue weighted by Gasteiger charge is -2.25. The van der Waals surface area contributed by atoms with Crippen molar-refractivity contribution in [2.45, 2.75) is 6.42 Å². The first kappa shape index (κ1) is 26.0. The Bertz CT molecular complexity index is 1140. The standard InChI is InChI=1S/C24H28ClN5O5/c1-29(2)28-21-13-30(14-22(31)27-19-6-4-5-15(11-19)24(33)34)23(32)17(12-26-21)9-16-10-18(25)7-8-20(16)35-3/h4-8,10-11,17H,9,12-14H2,1-3H3,(H,26,28)(H,27,31)(H,33,34)/t17-/m1/s1. The molecule has 0 aromatic heterocycles. The Hall–Kier alpha value is -3.63. The molecule has 1 aliphatic heterocycles. The van der Waals surface area contributed by atoms with Gasteiger partial charge < -0.3 is 25.5 Å². The first-order chi connectivity index (χ1) is 16.7. The number of aliphatic imine (C=N–C) groups is 1. The van der Waals surface area contributed by atoms with Crippen LogP contribution in [-0.4, -0.2) is 79.5 Å². The monoisotopic (exact) mass is 501 g/mol. The van der Waals surface area contributed by atoms with Crippen LogP contribution in [0.4, 0.5) is 5.69 Å². The number of hydrogen-bond acceptors (Lipinski definition) is 7. The number of nitrogens with one attached hydrogen (secondary N) is 2. The van der Waals surface area contributed by atoms with Gasteiger partial charge in [0, 0.05) is 24.8 Å². The van der Waals surface area contributed by atoms with Crippen molar-refractivity contribution in [3.8, 4) is 5.75 Å². The average molecular weight is 502 g/mol. The highest BCUT2D eigenvalue weighted by molar-refractivity contribution is 6.30. The van der Waals surface area contributed by atoms with Gasteiger partial charge in [0.2, 0.25) is 11.8 Å². The van der Waals surface area contributed by atoms with Gasteiger partial charge >= 0.3 is 5.97 Å². The van der Waals surface area contributed by atoms with E-state index in [9.17, 15) is 14.4 Å². The Balaban J connectivity index is 1.80. The van der Waals surface area contributed by atoms with E-state index in [-0.39, 0.29) is 31.1 Å². The molecule has 1 atom stereocenters. The molecular formula is C24H28ClN5O5. The first-order valence-electron chi connectivity index (χ1n) is 10.9. The van der Waals surface area contributed by atoms with Crippen molar-refractivity contribution in [1.82, 2.24) is 15.3 Å². The molecule has 0 saturated heterocycles. The molecule has 1 heterocycles. The molecule has 0 radical (unpaired) electrons. The van der Waals surface area contributed by atoms with Gasteiger partial charge in [-0.15, -0.1) is 0 Å². The predicted molar refractivity (Wildman–Crippen MR) is 133 cm³/mol. The van der Waals surface area contributed by atoms with Crippen LogP contribution in [0, 0.1) is 5.92 Å². The lowest BCUT2D eigenvalue weighted by Crippen LogP contribution is -2.47. The highest BCUT2D eigenvalue weighted by Crippen LogP contribution is 2.26. The van der Waals surface area contributed by atoms with Gasteiger partial charge in [0.25, 0.3) is 0 Å². The van der Waals surface area contributed by atoms with Gasteiger partial charge in [0.1, 0.15) is 18.1 Å². The van der Waals surface area contributed by atoms with E-state index in [1.165, 1.54) is 23.1 Å². The fraction of sp³-hybridized carbons (Fsp3) is 0.333. The van der Waals surface area contributed by atoms with Crippen LogP contribution in [0.3, 0.4) is 0 Å². The smallest absolute Gasteiger partial charge is 0.335 e. The van der Waals surface area contributed by atoms with Crippen LogP contribution in [0.25, 0.3) is 0 Å². The summed E-state index contributed by atoms with van der Waals surface area (Å²) in [6, 6.07) is 11.1. The number of halogens is 1. The lowest BCUT2D eigenvalue weighted by molar-refractivity contribution is -0.137. The molecule has 35 heavy (non-hydrogen) atoms. The summed E-state index contributed by atoms with van der Waals surface area (Å²) in [6.07, 6.45) is 0.333. The number of amidine groups is 1. The zero-order valence-electron chi connectivity index (χ0n) is 19.7.